The van der Waals surface area contributed by atoms with Gasteiger partial charge in [-0.2, -0.15) is 0 Å². The monoisotopic (exact) mass is 442 g/mol. The molecule has 1 aromatic carbocycles. The number of epoxide rings is 3. The molecule has 1 aromatic rings. The molecule has 0 amide bonds. The second-order valence-electron chi connectivity index (χ2n) is 11.2. The van der Waals surface area contributed by atoms with Crippen molar-refractivity contribution in [3.05, 3.63) is 17.2 Å². The van der Waals surface area contributed by atoms with Crippen LogP contribution in [0.1, 0.15) is 49.7 Å². The molecule has 3 aliphatic heterocycles. The quantitative estimate of drug-likeness (QED) is 0.514. The van der Waals surface area contributed by atoms with Gasteiger partial charge in [-0.1, -0.05) is 0 Å². The van der Waals surface area contributed by atoms with Gasteiger partial charge in [0.1, 0.15) is 43.9 Å². The van der Waals surface area contributed by atoms with Crippen LogP contribution in [0.2, 0.25) is 0 Å². The third-order valence-corrected chi connectivity index (χ3v) is 8.49. The molecule has 7 fully saturated rings. The number of benzene rings is 1. The van der Waals surface area contributed by atoms with Crippen LogP contribution in [0.15, 0.2) is 6.07 Å². The predicted octanol–water partition coefficient (Wildman–Crippen LogP) is 3.80. The topological polar surface area (TPSA) is 65.3 Å². The van der Waals surface area contributed by atoms with Crippen LogP contribution in [-0.4, -0.2) is 58.0 Å². The van der Waals surface area contributed by atoms with Crippen LogP contribution in [0.25, 0.3) is 0 Å². The summed E-state index contributed by atoms with van der Waals surface area (Å²) in [6.45, 7) is 6.33. The lowest BCUT2D eigenvalue weighted by Crippen LogP contribution is -2.49. The zero-order chi connectivity index (χ0) is 21.3. The van der Waals surface area contributed by atoms with Crippen LogP contribution < -0.4 is 14.2 Å². The van der Waals surface area contributed by atoms with E-state index in [2.05, 4.69) is 13.0 Å². The molecule has 0 N–H and O–H groups in total. The Morgan fingerprint density at radius 3 is 1.72 bits per heavy atom. The summed E-state index contributed by atoms with van der Waals surface area (Å²) < 4.78 is 35.3. The van der Waals surface area contributed by atoms with Crippen molar-refractivity contribution in [1.29, 1.82) is 0 Å². The molecule has 6 nitrogen and oxygen atoms in total. The molecule has 6 heteroatoms. The van der Waals surface area contributed by atoms with E-state index >= 15 is 0 Å². The molecule has 0 spiro atoms. The van der Waals surface area contributed by atoms with Gasteiger partial charge in [-0.05, 0) is 63.2 Å². The largest absolute Gasteiger partial charge is 0.490 e. The lowest BCUT2D eigenvalue weighted by Gasteiger charge is -2.57. The van der Waals surface area contributed by atoms with Gasteiger partial charge in [-0.3, -0.25) is 0 Å². The Kier molecular flexibility index (Phi) is 4.67. The van der Waals surface area contributed by atoms with Crippen LogP contribution in [0, 0.1) is 24.7 Å². The van der Waals surface area contributed by atoms with Gasteiger partial charge in [-0.15, -0.1) is 0 Å². The molecule has 4 bridgehead atoms. The average Bonchev–Trinajstić information content (AvgIpc) is 3.58. The van der Waals surface area contributed by atoms with Crippen molar-refractivity contribution in [2.24, 2.45) is 17.8 Å². The molecular weight excluding hydrogens is 408 g/mol. The van der Waals surface area contributed by atoms with Crippen molar-refractivity contribution < 1.29 is 28.4 Å². The highest BCUT2D eigenvalue weighted by Gasteiger charge is 2.53. The molecule has 8 rings (SSSR count). The fourth-order valence-electron chi connectivity index (χ4n) is 7.25. The van der Waals surface area contributed by atoms with Crippen LogP contribution in [0.5, 0.6) is 17.2 Å². The van der Waals surface area contributed by atoms with Crippen molar-refractivity contribution >= 4 is 0 Å². The molecule has 3 unspecified atom stereocenters. The van der Waals surface area contributed by atoms with Crippen molar-refractivity contribution in [2.75, 3.05) is 39.6 Å². The normalized spacial score (nSPS) is 40.3. The molecule has 174 valence electrons. The lowest BCUT2D eigenvalue weighted by molar-refractivity contribution is -0.00691. The van der Waals surface area contributed by atoms with Gasteiger partial charge in [0.05, 0.1) is 19.8 Å². The molecule has 0 aromatic heterocycles. The van der Waals surface area contributed by atoms with Crippen LogP contribution in [0.4, 0.5) is 0 Å². The minimum Gasteiger partial charge on any atom is -0.490 e. The second-order valence-corrected chi connectivity index (χ2v) is 11.2. The zero-order valence-electron chi connectivity index (χ0n) is 19.0. The molecule has 32 heavy (non-hydrogen) atoms. The van der Waals surface area contributed by atoms with E-state index in [0.717, 1.165) is 54.8 Å². The van der Waals surface area contributed by atoms with Gasteiger partial charge >= 0.3 is 0 Å². The van der Waals surface area contributed by atoms with Crippen molar-refractivity contribution in [3.8, 4) is 17.2 Å². The number of ether oxygens (including phenoxy) is 6. The van der Waals surface area contributed by atoms with Gasteiger partial charge in [-0.25, -0.2) is 0 Å². The Hall–Kier alpha value is -1.50. The molecule has 4 aliphatic carbocycles. The molecule has 7 aliphatic rings. The summed E-state index contributed by atoms with van der Waals surface area (Å²) in [7, 11) is 0. The SMILES string of the molecule is Cc1c(OCC2CO2)c(OCC2CO2)cc(OCC2CO2)c1C12CC3CC(CC(C3)C1)C2. The predicted molar refractivity (Wildman–Crippen MR) is 117 cm³/mol. The van der Waals surface area contributed by atoms with Crippen LogP contribution in [-0.2, 0) is 19.6 Å². The third kappa shape index (κ3) is 3.78. The van der Waals surface area contributed by atoms with E-state index < -0.39 is 0 Å². The van der Waals surface area contributed by atoms with E-state index in [-0.39, 0.29) is 23.7 Å². The fourth-order valence-corrected chi connectivity index (χ4v) is 7.25. The van der Waals surface area contributed by atoms with E-state index in [4.69, 9.17) is 28.4 Å². The lowest BCUT2D eigenvalue weighted by atomic mass is 9.47. The Bertz CT molecular complexity index is 850. The molecular formula is C26H34O6. The number of rotatable bonds is 10. The summed E-state index contributed by atoms with van der Waals surface area (Å²) in [5, 5.41) is 0. The molecule has 0 radical (unpaired) electrons. The van der Waals surface area contributed by atoms with Crippen molar-refractivity contribution in [1.82, 2.24) is 0 Å². The summed E-state index contributed by atoms with van der Waals surface area (Å²) in [6.07, 6.45) is 8.78. The first-order valence-corrected chi connectivity index (χ1v) is 12.6. The summed E-state index contributed by atoms with van der Waals surface area (Å²) >= 11 is 0. The standard InChI is InChI=1S/C26H34O6/c1-15-24(26-6-16-2-17(7-26)4-18(3-16)8-26)22(30-12-19-9-27-19)5-23(31-13-20-10-28-20)25(15)32-14-21-11-29-21/h5,16-21H,2-4,6-14H2,1H3. The minimum absolute atomic E-state index is 0.196. The molecule has 3 saturated heterocycles. The van der Waals surface area contributed by atoms with Gasteiger partial charge in [0.2, 0.25) is 0 Å². The van der Waals surface area contributed by atoms with Crippen molar-refractivity contribution in [2.45, 2.75) is 69.2 Å². The van der Waals surface area contributed by atoms with Gasteiger partial charge < -0.3 is 28.4 Å². The van der Waals surface area contributed by atoms with E-state index in [0.29, 0.717) is 19.8 Å². The van der Waals surface area contributed by atoms with Gasteiger partial charge in [0.25, 0.3) is 0 Å². The first-order chi connectivity index (χ1) is 15.6. The van der Waals surface area contributed by atoms with E-state index in [1.807, 2.05) is 0 Å². The maximum absolute atomic E-state index is 6.47. The van der Waals surface area contributed by atoms with Crippen molar-refractivity contribution in [3.63, 3.8) is 0 Å². The molecule has 3 atom stereocenters. The first kappa shape index (κ1) is 19.9. The van der Waals surface area contributed by atoms with E-state index in [9.17, 15) is 0 Å². The summed E-state index contributed by atoms with van der Waals surface area (Å²) in [5.41, 5.74) is 2.80. The molecule has 4 saturated carbocycles. The maximum Gasteiger partial charge on any atom is 0.165 e. The summed E-state index contributed by atoms with van der Waals surface area (Å²) in [4.78, 5) is 0. The Balaban J connectivity index is 1.29. The highest BCUT2D eigenvalue weighted by molar-refractivity contribution is 5.60. The van der Waals surface area contributed by atoms with E-state index in [1.54, 1.807) is 0 Å². The van der Waals surface area contributed by atoms with Gasteiger partial charge in [0, 0.05) is 22.6 Å². The van der Waals surface area contributed by atoms with Crippen LogP contribution >= 0.6 is 0 Å². The number of hydrogen-bond donors (Lipinski definition) is 0. The highest BCUT2D eigenvalue weighted by atomic mass is 16.6. The maximum atomic E-state index is 6.47. The Labute approximate surface area is 189 Å². The Morgan fingerprint density at radius 2 is 1.22 bits per heavy atom. The second kappa shape index (κ2) is 7.51. The highest BCUT2D eigenvalue weighted by Crippen LogP contribution is 2.63. The zero-order valence-corrected chi connectivity index (χ0v) is 19.0. The first-order valence-electron chi connectivity index (χ1n) is 12.6. The summed E-state index contributed by atoms with van der Waals surface area (Å²) in [6, 6.07) is 2.11. The van der Waals surface area contributed by atoms with Gasteiger partial charge in [0.15, 0.2) is 11.5 Å². The van der Waals surface area contributed by atoms with E-state index in [1.165, 1.54) is 49.7 Å². The smallest absolute Gasteiger partial charge is 0.165 e. The van der Waals surface area contributed by atoms with Crippen LogP contribution in [0.3, 0.4) is 0 Å². The molecule has 3 heterocycles. The minimum atomic E-state index is 0.196. The summed E-state index contributed by atoms with van der Waals surface area (Å²) in [5.74, 6) is 5.25. The number of hydrogen-bond acceptors (Lipinski definition) is 6. The third-order valence-electron chi connectivity index (χ3n) is 8.49. The Morgan fingerprint density at radius 1 is 0.750 bits per heavy atom. The average molecular weight is 443 g/mol. The fraction of sp³-hybridized carbons (Fsp3) is 0.769.